The SMILES string of the molecule is [B]C1CNC([B])CNC(S)CNC([B])CN1. The molecule has 4 nitrogen and oxygen atoms in total. The molecule has 4 unspecified atom stereocenters. The Morgan fingerprint density at radius 2 is 1.06 bits per heavy atom. The summed E-state index contributed by atoms with van der Waals surface area (Å²) in [5, 5.41) is 12.6. The first-order valence-corrected chi connectivity index (χ1v) is 5.98. The van der Waals surface area contributed by atoms with Gasteiger partial charge in [-0.2, -0.15) is 12.6 Å². The molecule has 0 aromatic rings. The number of thiol groups is 1. The molecular weight excluding hydrogens is 217 g/mol. The van der Waals surface area contributed by atoms with Gasteiger partial charge < -0.3 is 21.3 Å². The lowest BCUT2D eigenvalue weighted by atomic mass is 9.90. The normalized spacial score (nSPS) is 39.6. The minimum absolute atomic E-state index is 0.0343. The fourth-order valence-electron chi connectivity index (χ4n) is 1.37. The summed E-state index contributed by atoms with van der Waals surface area (Å²) in [5.41, 5.74) is 0. The highest BCUT2D eigenvalue weighted by Gasteiger charge is 2.11. The molecule has 84 valence electrons. The standard InChI is InChI=1S/C8H17B3N4S/c9-5-1-13-7(11)3-15-8(16)4-14-6(10)2-12-5/h5-8,12-16H,1-4H2. The Morgan fingerprint density at radius 1 is 0.688 bits per heavy atom. The van der Waals surface area contributed by atoms with Crippen LogP contribution in [0.5, 0.6) is 0 Å². The van der Waals surface area contributed by atoms with Crippen LogP contribution in [0, 0.1) is 0 Å². The molecule has 1 saturated heterocycles. The van der Waals surface area contributed by atoms with Gasteiger partial charge in [0.2, 0.25) is 0 Å². The largest absolute Gasteiger partial charge is 0.320 e. The molecular formula is C8H17B3N4S. The van der Waals surface area contributed by atoms with Gasteiger partial charge in [0.15, 0.2) is 0 Å². The Kier molecular flexibility index (Phi) is 6.92. The van der Waals surface area contributed by atoms with Gasteiger partial charge in [0.25, 0.3) is 0 Å². The van der Waals surface area contributed by atoms with Gasteiger partial charge in [0, 0.05) is 26.2 Å². The van der Waals surface area contributed by atoms with Crippen molar-refractivity contribution in [3.05, 3.63) is 0 Å². The lowest BCUT2D eigenvalue weighted by molar-refractivity contribution is 0.474. The summed E-state index contributed by atoms with van der Waals surface area (Å²) < 4.78 is 0. The van der Waals surface area contributed by atoms with Crippen LogP contribution in [0.25, 0.3) is 0 Å². The Balaban J connectivity index is 2.39. The molecule has 8 heteroatoms. The average Bonchev–Trinajstić information content (AvgIpc) is 2.27. The Hall–Kier alpha value is 0.385. The maximum Gasteiger partial charge on any atom is 0.0924 e. The Labute approximate surface area is 107 Å². The van der Waals surface area contributed by atoms with Crippen LogP contribution in [-0.2, 0) is 0 Å². The lowest BCUT2D eigenvalue weighted by Crippen LogP contribution is -2.53. The second-order valence-corrected chi connectivity index (χ2v) is 4.59. The van der Waals surface area contributed by atoms with Crippen LogP contribution >= 0.6 is 12.6 Å². The summed E-state index contributed by atoms with van der Waals surface area (Å²) in [5.74, 6) is -0.406. The molecule has 0 aliphatic carbocycles. The van der Waals surface area contributed by atoms with E-state index in [0.29, 0.717) is 26.2 Å². The maximum atomic E-state index is 5.83. The fraction of sp³-hybridized carbons (Fsp3) is 1.00. The summed E-state index contributed by atoms with van der Waals surface area (Å²) in [7, 11) is 17.5. The molecule has 1 rings (SSSR count). The van der Waals surface area contributed by atoms with E-state index in [1.165, 1.54) is 0 Å². The van der Waals surface area contributed by atoms with E-state index in [4.69, 9.17) is 23.5 Å². The molecule has 0 aromatic heterocycles. The van der Waals surface area contributed by atoms with Crippen LogP contribution in [0.4, 0.5) is 0 Å². The molecule has 0 amide bonds. The molecule has 4 atom stereocenters. The third-order valence-electron chi connectivity index (χ3n) is 2.35. The van der Waals surface area contributed by atoms with Crippen molar-refractivity contribution >= 4 is 36.2 Å². The van der Waals surface area contributed by atoms with E-state index in [2.05, 4.69) is 33.9 Å². The van der Waals surface area contributed by atoms with Crippen LogP contribution in [-0.4, -0.2) is 72.9 Å². The van der Waals surface area contributed by atoms with Crippen LogP contribution in [0.1, 0.15) is 0 Å². The van der Waals surface area contributed by atoms with Gasteiger partial charge in [-0.1, -0.05) is 0 Å². The molecule has 1 aliphatic rings. The van der Waals surface area contributed by atoms with E-state index in [9.17, 15) is 0 Å². The average molecular weight is 234 g/mol. The first-order valence-electron chi connectivity index (χ1n) is 5.46. The van der Waals surface area contributed by atoms with Crippen molar-refractivity contribution in [2.75, 3.05) is 26.2 Å². The summed E-state index contributed by atoms with van der Waals surface area (Å²) in [4.78, 5) is 0. The van der Waals surface area contributed by atoms with Gasteiger partial charge in [-0.05, 0) is 17.8 Å². The third kappa shape index (κ3) is 6.20. The molecule has 0 spiro atoms. The molecule has 16 heavy (non-hydrogen) atoms. The number of hydrogen-bond donors (Lipinski definition) is 5. The van der Waals surface area contributed by atoms with Gasteiger partial charge in [0.05, 0.1) is 28.9 Å². The summed E-state index contributed by atoms with van der Waals surface area (Å²) >= 11 is 4.36. The second kappa shape index (κ2) is 7.66. The van der Waals surface area contributed by atoms with Crippen molar-refractivity contribution in [1.82, 2.24) is 21.3 Å². The van der Waals surface area contributed by atoms with E-state index in [1.807, 2.05) is 0 Å². The maximum absolute atomic E-state index is 5.83. The molecule has 1 aliphatic heterocycles. The van der Waals surface area contributed by atoms with Crippen molar-refractivity contribution in [2.45, 2.75) is 23.2 Å². The van der Waals surface area contributed by atoms with E-state index in [0.717, 1.165) is 0 Å². The minimum atomic E-state index is -0.148. The highest BCUT2D eigenvalue weighted by Crippen LogP contribution is 1.90. The quantitative estimate of drug-likeness (QED) is 0.230. The highest BCUT2D eigenvalue weighted by molar-refractivity contribution is 7.80. The smallest absolute Gasteiger partial charge is 0.0924 e. The van der Waals surface area contributed by atoms with Crippen LogP contribution in [0.15, 0.2) is 0 Å². The van der Waals surface area contributed by atoms with Crippen molar-refractivity contribution in [1.29, 1.82) is 0 Å². The number of hydrogen-bond acceptors (Lipinski definition) is 5. The Bertz CT molecular complexity index is 144. The van der Waals surface area contributed by atoms with E-state index in [-0.39, 0.29) is 23.2 Å². The Morgan fingerprint density at radius 3 is 1.56 bits per heavy atom. The molecule has 1 fully saturated rings. The number of nitrogens with one attached hydrogen (secondary N) is 4. The summed E-state index contributed by atoms with van der Waals surface area (Å²) in [6.45, 7) is 2.52. The van der Waals surface area contributed by atoms with Gasteiger partial charge in [-0.15, -0.1) is 0 Å². The lowest BCUT2D eigenvalue weighted by Gasteiger charge is -2.26. The molecule has 4 N–H and O–H groups in total. The topological polar surface area (TPSA) is 48.1 Å². The molecule has 0 bridgehead atoms. The van der Waals surface area contributed by atoms with Crippen molar-refractivity contribution in [2.24, 2.45) is 0 Å². The van der Waals surface area contributed by atoms with Crippen molar-refractivity contribution in [3.8, 4) is 0 Å². The van der Waals surface area contributed by atoms with Gasteiger partial charge in [-0.3, -0.25) is 0 Å². The predicted octanol–water partition coefficient (Wildman–Crippen LogP) is -2.90. The van der Waals surface area contributed by atoms with Crippen molar-refractivity contribution < 1.29 is 0 Å². The molecule has 0 aromatic carbocycles. The zero-order valence-corrected chi connectivity index (χ0v) is 10.2. The van der Waals surface area contributed by atoms with Crippen LogP contribution in [0.2, 0.25) is 0 Å². The first kappa shape index (κ1) is 14.4. The van der Waals surface area contributed by atoms with Crippen molar-refractivity contribution in [3.63, 3.8) is 0 Å². The van der Waals surface area contributed by atoms with E-state index in [1.54, 1.807) is 0 Å². The van der Waals surface area contributed by atoms with Crippen LogP contribution < -0.4 is 21.3 Å². The zero-order chi connectivity index (χ0) is 12.0. The van der Waals surface area contributed by atoms with Crippen LogP contribution in [0.3, 0.4) is 0 Å². The van der Waals surface area contributed by atoms with Gasteiger partial charge in [-0.25, -0.2) is 0 Å². The predicted molar refractivity (Wildman–Crippen MR) is 73.4 cm³/mol. The fourth-order valence-corrected chi connectivity index (χ4v) is 1.58. The highest BCUT2D eigenvalue weighted by atomic mass is 32.1. The first-order chi connectivity index (χ1) is 7.58. The van der Waals surface area contributed by atoms with E-state index >= 15 is 0 Å². The van der Waals surface area contributed by atoms with Gasteiger partial charge >= 0.3 is 0 Å². The van der Waals surface area contributed by atoms with Gasteiger partial charge in [0.1, 0.15) is 0 Å². The monoisotopic (exact) mass is 234 g/mol. The number of rotatable bonds is 0. The van der Waals surface area contributed by atoms with E-state index < -0.39 is 0 Å². The molecule has 1 heterocycles. The summed E-state index contributed by atoms with van der Waals surface area (Å²) in [6.07, 6.45) is 0. The minimum Gasteiger partial charge on any atom is -0.320 e. The molecule has 6 radical (unpaired) electrons. The molecule has 0 saturated carbocycles. The second-order valence-electron chi connectivity index (χ2n) is 3.97. The third-order valence-corrected chi connectivity index (χ3v) is 2.71. The summed E-state index contributed by atoms with van der Waals surface area (Å²) in [6, 6.07) is 0. The zero-order valence-electron chi connectivity index (χ0n) is 9.32.